The molecule has 0 atom stereocenters. The highest BCUT2D eigenvalue weighted by Crippen LogP contribution is 2.32. The van der Waals surface area contributed by atoms with Gasteiger partial charge in [0.1, 0.15) is 0 Å². The number of hydrogen-bond donors (Lipinski definition) is 2. The number of rotatable bonds is 3. The number of oxazole rings is 1. The molecule has 0 bridgehead atoms. The van der Waals surface area contributed by atoms with Crippen LogP contribution in [0.15, 0.2) is 65.1 Å². The van der Waals surface area contributed by atoms with Crippen LogP contribution < -0.4 is 10.6 Å². The van der Waals surface area contributed by atoms with Crippen LogP contribution in [-0.4, -0.2) is 17.1 Å². The van der Waals surface area contributed by atoms with Gasteiger partial charge in [0.05, 0.1) is 0 Å². The fourth-order valence-electron chi connectivity index (χ4n) is 2.06. The van der Waals surface area contributed by atoms with E-state index < -0.39 is 0 Å². The van der Waals surface area contributed by atoms with Crippen LogP contribution in [0.3, 0.4) is 0 Å². The van der Waals surface area contributed by atoms with E-state index in [4.69, 9.17) is 16.6 Å². The van der Waals surface area contributed by atoms with Crippen LogP contribution in [0, 0.1) is 0 Å². The van der Waals surface area contributed by atoms with E-state index in [9.17, 15) is 0 Å². The lowest BCUT2D eigenvalue weighted by Gasteiger charge is -2.05. The maximum absolute atomic E-state index is 5.97. The highest BCUT2D eigenvalue weighted by molar-refractivity contribution is 7.80. The van der Waals surface area contributed by atoms with Crippen molar-refractivity contribution >= 4 is 23.1 Å². The molecule has 4 nitrogen and oxygen atoms in total. The zero-order valence-electron chi connectivity index (χ0n) is 12.0. The van der Waals surface area contributed by atoms with E-state index in [2.05, 4.69) is 15.6 Å². The van der Waals surface area contributed by atoms with Gasteiger partial charge in [0.25, 0.3) is 0 Å². The van der Waals surface area contributed by atoms with Crippen LogP contribution in [0.4, 0.5) is 5.82 Å². The Bertz CT molecular complexity index is 769. The Labute approximate surface area is 134 Å². The highest BCUT2D eigenvalue weighted by Gasteiger charge is 2.16. The Kier molecular flexibility index (Phi) is 4.16. The van der Waals surface area contributed by atoms with Crippen molar-refractivity contribution in [3.8, 4) is 22.8 Å². The van der Waals surface area contributed by atoms with E-state index in [0.717, 1.165) is 11.1 Å². The smallest absolute Gasteiger partial charge is 0.228 e. The molecule has 0 aliphatic carbocycles. The molecule has 0 saturated carbocycles. The summed E-state index contributed by atoms with van der Waals surface area (Å²) < 4.78 is 5.97. The number of aromatic nitrogens is 1. The molecule has 3 rings (SSSR count). The molecular formula is C17H15N3OS. The zero-order valence-corrected chi connectivity index (χ0v) is 12.9. The van der Waals surface area contributed by atoms with Crippen molar-refractivity contribution < 1.29 is 4.42 Å². The third kappa shape index (κ3) is 2.99. The van der Waals surface area contributed by atoms with E-state index >= 15 is 0 Å². The number of benzene rings is 2. The number of anilines is 1. The second-order valence-corrected chi connectivity index (χ2v) is 5.04. The first kappa shape index (κ1) is 14.3. The standard InChI is InChI=1S/C17H15N3OS/c1-18-17(22)20-15-14(12-8-4-2-5-9-12)21-16(19-15)13-10-6-3-7-11-13/h2-11H,1H3,(H2,18,20,22). The summed E-state index contributed by atoms with van der Waals surface area (Å²) >= 11 is 5.17. The topological polar surface area (TPSA) is 50.1 Å². The molecule has 0 amide bonds. The maximum atomic E-state index is 5.97. The molecule has 5 heteroatoms. The van der Waals surface area contributed by atoms with Gasteiger partial charge in [-0.25, -0.2) is 0 Å². The SMILES string of the molecule is CNC(=S)Nc1nc(-c2ccccc2)oc1-c1ccccc1. The van der Waals surface area contributed by atoms with Gasteiger partial charge < -0.3 is 15.1 Å². The van der Waals surface area contributed by atoms with Crippen molar-refractivity contribution in [1.29, 1.82) is 0 Å². The lowest BCUT2D eigenvalue weighted by atomic mass is 10.2. The maximum Gasteiger partial charge on any atom is 0.228 e. The van der Waals surface area contributed by atoms with Crippen molar-refractivity contribution in [1.82, 2.24) is 10.3 Å². The van der Waals surface area contributed by atoms with E-state index in [0.29, 0.717) is 22.6 Å². The zero-order chi connectivity index (χ0) is 15.4. The predicted molar refractivity (Wildman–Crippen MR) is 92.7 cm³/mol. The van der Waals surface area contributed by atoms with Crippen molar-refractivity contribution in [3.63, 3.8) is 0 Å². The molecule has 3 aromatic rings. The Morgan fingerprint density at radius 3 is 2.14 bits per heavy atom. The molecule has 1 aromatic heterocycles. The Morgan fingerprint density at radius 2 is 1.55 bits per heavy atom. The quantitative estimate of drug-likeness (QED) is 0.718. The minimum absolute atomic E-state index is 0.491. The molecule has 0 aliphatic heterocycles. The molecule has 0 radical (unpaired) electrons. The van der Waals surface area contributed by atoms with Crippen molar-refractivity contribution in [2.75, 3.05) is 12.4 Å². The largest absolute Gasteiger partial charge is 0.434 e. The molecule has 2 N–H and O–H groups in total. The Balaban J connectivity index is 2.07. The number of nitrogens with zero attached hydrogens (tertiary/aromatic N) is 1. The lowest BCUT2D eigenvalue weighted by Crippen LogP contribution is -2.24. The molecule has 0 fully saturated rings. The van der Waals surface area contributed by atoms with E-state index in [1.165, 1.54) is 0 Å². The summed E-state index contributed by atoms with van der Waals surface area (Å²) in [7, 11) is 1.76. The second-order valence-electron chi connectivity index (χ2n) is 4.63. The fraction of sp³-hybridized carbons (Fsp3) is 0.0588. The molecule has 22 heavy (non-hydrogen) atoms. The summed E-state index contributed by atoms with van der Waals surface area (Å²) in [6.45, 7) is 0. The average Bonchev–Trinajstić information content (AvgIpc) is 3.00. The Hall–Kier alpha value is -2.66. The monoisotopic (exact) mass is 309 g/mol. The summed E-state index contributed by atoms with van der Waals surface area (Å²) in [6.07, 6.45) is 0. The fourth-order valence-corrected chi connectivity index (χ4v) is 2.16. The number of thiocarbonyl (C=S) groups is 1. The third-order valence-electron chi connectivity index (χ3n) is 3.14. The lowest BCUT2D eigenvalue weighted by molar-refractivity contribution is 0.589. The summed E-state index contributed by atoms with van der Waals surface area (Å²) in [5, 5.41) is 6.43. The van der Waals surface area contributed by atoms with Gasteiger partial charge in [-0.1, -0.05) is 48.5 Å². The summed E-state index contributed by atoms with van der Waals surface area (Å²) in [6, 6.07) is 19.6. The van der Waals surface area contributed by atoms with E-state index in [1.54, 1.807) is 7.05 Å². The van der Waals surface area contributed by atoms with Gasteiger partial charge in [0.15, 0.2) is 16.7 Å². The number of hydrogen-bond acceptors (Lipinski definition) is 3. The van der Waals surface area contributed by atoms with Gasteiger partial charge in [-0.3, -0.25) is 0 Å². The van der Waals surface area contributed by atoms with E-state index in [-0.39, 0.29) is 0 Å². The van der Waals surface area contributed by atoms with Crippen molar-refractivity contribution in [2.45, 2.75) is 0 Å². The molecule has 0 spiro atoms. The third-order valence-corrected chi connectivity index (χ3v) is 3.45. The first-order chi connectivity index (χ1) is 10.8. The molecular weight excluding hydrogens is 294 g/mol. The van der Waals surface area contributed by atoms with Gasteiger partial charge in [0.2, 0.25) is 5.89 Å². The first-order valence-electron chi connectivity index (χ1n) is 6.88. The normalized spacial score (nSPS) is 10.2. The predicted octanol–water partition coefficient (Wildman–Crippen LogP) is 3.92. The van der Waals surface area contributed by atoms with Crippen molar-refractivity contribution in [3.05, 3.63) is 60.7 Å². The van der Waals surface area contributed by atoms with Crippen LogP contribution in [0.1, 0.15) is 0 Å². The highest BCUT2D eigenvalue weighted by atomic mass is 32.1. The molecule has 0 unspecified atom stereocenters. The minimum atomic E-state index is 0.491. The van der Waals surface area contributed by atoms with Gasteiger partial charge in [-0.15, -0.1) is 0 Å². The second kappa shape index (κ2) is 6.41. The molecule has 0 aliphatic rings. The van der Waals surface area contributed by atoms with Crippen LogP contribution in [0.5, 0.6) is 0 Å². The van der Waals surface area contributed by atoms with E-state index in [1.807, 2.05) is 60.7 Å². The number of nitrogens with one attached hydrogen (secondary N) is 2. The minimum Gasteiger partial charge on any atom is -0.434 e. The van der Waals surface area contributed by atoms with Crippen LogP contribution in [0.2, 0.25) is 0 Å². The van der Waals surface area contributed by atoms with Gasteiger partial charge >= 0.3 is 0 Å². The van der Waals surface area contributed by atoms with Crippen LogP contribution in [-0.2, 0) is 0 Å². The van der Waals surface area contributed by atoms with Crippen LogP contribution >= 0.6 is 12.2 Å². The Morgan fingerprint density at radius 1 is 0.955 bits per heavy atom. The molecule has 2 aromatic carbocycles. The molecule has 0 saturated heterocycles. The molecule has 1 heterocycles. The first-order valence-corrected chi connectivity index (χ1v) is 7.29. The van der Waals surface area contributed by atoms with Gasteiger partial charge in [0, 0.05) is 18.2 Å². The van der Waals surface area contributed by atoms with Crippen molar-refractivity contribution in [2.24, 2.45) is 0 Å². The summed E-state index contributed by atoms with van der Waals surface area (Å²) in [5.41, 5.74) is 1.86. The van der Waals surface area contributed by atoms with Gasteiger partial charge in [-0.2, -0.15) is 4.98 Å². The van der Waals surface area contributed by atoms with Crippen LogP contribution in [0.25, 0.3) is 22.8 Å². The average molecular weight is 309 g/mol. The summed E-state index contributed by atoms with van der Waals surface area (Å²) in [5.74, 6) is 1.82. The van der Waals surface area contributed by atoms with Gasteiger partial charge in [-0.05, 0) is 24.4 Å². The summed E-state index contributed by atoms with van der Waals surface area (Å²) in [4.78, 5) is 4.54. The molecule has 110 valence electrons.